The first-order valence-corrected chi connectivity index (χ1v) is 4.08. The summed E-state index contributed by atoms with van der Waals surface area (Å²) in [6.45, 7) is 1.14. The van der Waals surface area contributed by atoms with Gasteiger partial charge in [-0.05, 0) is 12.5 Å². The van der Waals surface area contributed by atoms with Gasteiger partial charge in [-0.15, -0.1) is 0 Å². The molecule has 0 saturated carbocycles. The summed E-state index contributed by atoms with van der Waals surface area (Å²) in [5.41, 5.74) is 2.59. The van der Waals surface area contributed by atoms with Gasteiger partial charge in [-0.2, -0.15) is 0 Å². The zero-order valence-corrected chi connectivity index (χ0v) is 8.11. The topological polar surface area (TPSA) is 99.1 Å². The van der Waals surface area contributed by atoms with E-state index in [9.17, 15) is 23.7 Å². The van der Waals surface area contributed by atoms with Gasteiger partial charge in [0.1, 0.15) is 17.5 Å². The van der Waals surface area contributed by atoms with Crippen LogP contribution in [0.5, 0.6) is 0 Å². The summed E-state index contributed by atoms with van der Waals surface area (Å²) in [5.74, 6) is -1.01. The van der Waals surface area contributed by atoms with Crippen molar-refractivity contribution in [1.29, 1.82) is 0 Å². The molecule has 0 radical (unpaired) electrons. The Morgan fingerprint density at radius 3 is 2.56 bits per heavy atom. The first-order valence-electron chi connectivity index (χ1n) is 4.08. The van der Waals surface area contributed by atoms with Crippen molar-refractivity contribution in [3.63, 3.8) is 0 Å². The van der Waals surface area contributed by atoms with Crippen molar-refractivity contribution in [2.75, 3.05) is 0 Å². The fraction of sp³-hybridized carbons (Fsp3) is 0.250. The van der Waals surface area contributed by atoms with Crippen LogP contribution in [0.25, 0.3) is 0 Å². The van der Waals surface area contributed by atoms with E-state index in [1.54, 1.807) is 0 Å². The molecule has 6 nitrogen and oxygen atoms in total. The monoisotopic (exact) mass is 231 g/mol. The Hall–Kier alpha value is -2.12. The number of halogens is 2. The lowest BCUT2D eigenvalue weighted by Crippen LogP contribution is -2.17. The number of rotatable bonds is 3. The van der Waals surface area contributed by atoms with E-state index in [2.05, 4.69) is 4.98 Å². The normalized spacial score (nSPS) is 10.5. The van der Waals surface area contributed by atoms with E-state index in [0.29, 0.717) is 6.20 Å². The molecule has 1 aromatic heterocycles. The van der Waals surface area contributed by atoms with Gasteiger partial charge < -0.3 is 5.73 Å². The Bertz CT molecular complexity index is 462. The van der Waals surface area contributed by atoms with E-state index in [1.165, 1.54) is 0 Å². The molecule has 0 fully saturated rings. The van der Waals surface area contributed by atoms with E-state index in [0.717, 1.165) is 6.92 Å². The average Bonchev–Trinajstić information content (AvgIpc) is 2.15. The molecule has 0 aliphatic carbocycles. The molecule has 0 bridgehead atoms. The lowest BCUT2D eigenvalue weighted by atomic mass is 10.1. The Labute approximate surface area is 88.2 Å². The zero-order chi connectivity index (χ0) is 12.5. The molecule has 1 aromatic rings. The van der Waals surface area contributed by atoms with Crippen molar-refractivity contribution < 1.29 is 18.5 Å². The number of primary amides is 1. The molecule has 1 rings (SSSR count). The molecule has 0 saturated heterocycles. The summed E-state index contributed by atoms with van der Waals surface area (Å²) in [7, 11) is 0. The van der Waals surface area contributed by atoms with Crippen LogP contribution in [0.4, 0.5) is 14.5 Å². The Morgan fingerprint density at radius 1 is 1.62 bits per heavy atom. The minimum absolute atomic E-state index is 0.267. The van der Waals surface area contributed by atoms with E-state index in [4.69, 9.17) is 5.73 Å². The second kappa shape index (κ2) is 4.17. The third-order valence-electron chi connectivity index (χ3n) is 2.00. The van der Waals surface area contributed by atoms with Gasteiger partial charge in [0.05, 0.1) is 4.92 Å². The fourth-order valence-electron chi connectivity index (χ4n) is 1.28. The maximum atomic E-state index is 12.6. The van der Waals surface area contributed by atoms with E-state index in [-0.39, 0.29) is 11.3 Å². The van der Waals surface area contributed by atoms with Gasteiger partial charge in [0.2, 0.25) is 0 Å². The minimum Gasteiger partial charge on any atom is -0.364 e. The second-order valence-electron chi connectivity index (χ2n) is 2.95. The highest BCUT2D eigenvalue weighted by Crippen LogP contribution is 2.32. The number of amides is 1. The molecule has 1 amide bonds. The smallest absolute Gasteiger partial charge is 0.296 e. The number of aromatic nitrogens is 1. The molecule has 0 atom stereocenters. The second-order valence-corrected chi connectivity index (χ2v) is 2.95. The molecule has 8 heteroatoms. The van der Waals surface area contributed by atoms with Gasteiger partial charge in [0, 0.05) is 0 Å². The summed E-state index contributed by atoms with van der Waals surface area (Å²) in [4.78, 5) is 23.7. The molecule has 0 aliphatic heterocycles. The number of nitrogens with zero attached hydrogens (tertiary/aromatic N) is 2. The van der Waals surface area contributed by atoms with Gasteiger partial charge in [0.15, 0.2) is 0 Å². The van der Waals surface area contributed by atoms with Crippen LogP contribution in [-0.4, -0.2) is 15.8 Å². The summed E-state index contributed by atoms with van der Waals surface area (Å²) >= 11 is 0. The highest BCUT2D eigenvalue weighted by Gasteiger charge is 2.27. The highest BCUT2D eigenvalue weighted by atomic mass is 19.3. The van der Waals surface area contributed by atoms with Crippen LogP contribution in [0.15, 0.2) is 6.20 Å². The number of alkyl halides is 2. The van der Waals surface area contributed by atoms with Crippen LogP contribution < -0.4 is 5.73 Å². The predicted octanol–water partition coefficient (Wildman–Crippen LogP) is 1.33. The Kier molecular flexibility index (Phi) is 3.11. The van der Waals surface area contributed by atoms with Crippen LogP contribution in [0.1, 0.15) is 28.0 Å². The van der Waals surface area contributed by atoms with Crippen molar-refractivity contribution in [1.82, 2.24) is 4.98 Å². The maximum Gasteiger partial charge on any atom is 0.296 e. The van der Waals surface area contributed by atoms with Gasteiger partial charge in [0.25, 0.3) is 18.0 Å². The van der Waals surface area contributed by atoms with Crippen molar-refractivity contribution >= 4 is 11.6 Å². The molecule has 0 aliphatic rings. The zero-order valence-electron chi connectivity index (χ0n) is 8.11. The standard InChI is InChI=1S/C8H7F2N3O3/c1-3-5(7(9)10)4(13(15)16)2-12-6(3)8(11)14/h2,7H,1H3,(H2,11,14). The minimum atomic E-state index is -3.07. The third kappa shape index (κ3) is 1.95. The predicted molar refractivity (Wildman–Crippen MR) is 49.1 cm³/mol. The molecular weight excluding hydrogens is 224 g/mol. The quantitative estimate of drug-likeness (QED) is 0.626. The number of nitrogens with two attached hydrogens (primary N) is 1. The van der Waals surface area contributed by atoms with Gasteiger partial charge in [-0.1, -0.05) is 0 Å². The molecular formula is C8H7F2N3O3. The highest BCUT2D eigenvalue weighted by molar-refractivity contribution is 5.92. The van der Waals surface area contributed by atoms with Crippen LogP contribution in [0.3, 0.4) is 0 Å². The molecule has 16 heavy (non-hydrogen) atoms. The van der Waals surface area contributed by atoms with Gasteiger partial charge in [-0.3, -0.25) is 14.9 Å². The fourth-order valence-corrected chi connectivity index (χ4v) is 1.28. The number of carbonyl (C=O) groups excluding carboxylic acids is 1. The summed E-state index contributed by atoms with van der Waals surface area (Å²) in [5, 5.41) is 10.5. The number of hydrogen-bond acceptors (Lipinski definition) is 4. The van der Waals surface area contributed by atoms with Crippen LogP contribution in [0, 0.1) is 17.0 Å². The molecule has 1 heterocycles. The Balaban J connectivity index is 3.54. The summed E-state index contributed by atoms with van der Waals surface area (Å²) in [6, 6.07) is 0. The number of nitro groups is 1. The summed E-state index contributed by atoms with van der Waals surface area (Å²) in [6.07, 6.45) is -2.46. The molecule has 0 aromatic carbocycles. The van der Waals surface area contributed by atoms with Gasteiger partial charge >= 0.3 is 0 Å². The maximum absolute atomic E-state index is 12.6. The first kappa shape index (κ1) is 12.0. The molecule has 86 valence electrons. The third-order valence-corrected chi connectivity index (χ3v) is 2.00. The van der Waals surface area contributed by atoms with Crippen molar-refractivity contribution in [2.45, 2.75) is 13.3 Å². The van der Waals surface area contributed by atoms with E-state index in [1.807, 2.05) is 0 Å². The largest absolute Gasteiger partial charge is 0.364 e. The van der Waals surface area contributed by atoms with Crippen molar-refractivity contribution in [3.05, 3.63) is 33.1 Å². The SMILES string of the molecule is Cc1c(C(N)=O)ncc([N+](=O)[O-])c1C(F)F. The van der Waals surface area contributed by atoms with Crippen LogP contribution in [0.2, 0.25) is 0 Å². The first-order chi connectivity index (χ1) is 7.36. The number of carbonyl (C=O) groups is 1. The number of hydrogen-bond donors (Lipinski definition) is 1. The van der Waals surface area contributed by atoms with Crippen LogP contribution in [-0.2, 0) is 0 Å². The molecule has 0 spiro atoms. The lowest BCUT2D eigenvalue weighted by Gasteiger charge is -2.07. The van der Waals surface area contributed by atoms with E-state index < -0.39 is 28.5 Å². The van der Waals surface area contributed by atoms with E-state index >= 15 is 0 Å². The molecule has 2 N–H and O–H groups in total. The lowest BCUT2D eigenvalue weighted by molar-refractivity contribution is -0.386. The summed E-state index contributed by atoms with van der Waals surface area (Å²) < 4.78 is 25.2. The van der Waals surface area contributed by atoms with Gasteiger partial charge in [-0.25, -0.2) is 13.8 Å². The average molecular weight is 231 g/mol. The number of pyridine rings is 1. The molecule has 0 unspecified atom stereocenters. The van der Waals surface area contributed by atoms with Crippen molar-refractivity contribution in [3.8, 4) is 0 Å². The Morgan fingerprint density at radius 2 is 2.19 bits per heavy atom. The van der Waals surface area contributed by atoms with Crippen molar-refractivity contribution in [2.24, 2.45) is 5.73 Å². The van der Waals surface area contributed by atoms with Crippen LogP contribution >= 0.6 is 0 Å².